The molecule has 0 aromatic heterocycles. The minimum atomic E-state index is 0.0542. The number of nitrogens with zero attached hydrogens (tertiary/aromatic N) is 1. The van der Waals surface area contributed by atoms with E-state index >= 15 is 0 Å². The first-order valence-electron chi connectivity index (χ1n) is 7.72. The number of rotatable bonds is 5. The van der Waals surface area contributed by atoms with Crippen LogP contribution in [0.1, 0.15) is 30.1 Å². The van der Waals surface area contributed by atoms with E-state index in [4.69, 9.17) is 17.0 Å². The number of carbonyl (C=O) groups is 1. The lowest BCUT2D eigenvalue weighted by molar-refractivity contribution is 0.0303. The number of thiocarbonyl (C=S) groups is 1. The average molecular weight is 321 g/mol. The molecule has 0 radical (unpaired) electrons. The van der Waals surface area contributed by atoms with Crippen molar-refractivity contribution in [3.63, 3.8) is 0 Å². The number of unbranched alkanes of at least 4 members (excludes halogenated alkanes) is 1. The van der Waals surface area contributed by atoms with Crippen molar-refractivity contribution in [1.29, 1.82) is 0 Å². The Morgan fingerprint density at radius 1 is 1.27 bits per heavy atom. The molecule has 22 heavy (non-hydrogen) atoms. The minimum Gasteiger partial charge on any atom is -0.378 e. The van der Waals surface area contributed by atoms with Gasteiger partial charge in [0.1, 0.15) is 0 Å². The molecule has 0 aliphatic carbocycles. The van der Waals surface area contributed by atoms with E-state index in [1.807, 2.05) is 29.2 Å². The summed E-state index contributed by atoms with van der Waals surface area (Å²) >= 11 is 5.22. The Morgan fingerprint density at radius 2 is 1.95 bits per heavy atom. The van der Waals surface area contributed by atoms with E-state index in [2.05, 4.69) is 17.6 Å². The molecular weight excluding hydrogens is 298 g/mol. The summed E-state index contributed by atoms with van der Waals surface area (Å²) in [7, 11) is 0. The summed E-state index contributed by atoms with van der Waals surface area (Å²) in [4.78, 5) is 14.1. The van der Waals surface area contributed by atoms with E-state index in [1.54, 1.807) is 0 Å². The largest absolute Gasteiger partial charge is 0.378 e. The number of morpholine rings is 1. The van der Waals surface area contributed by atoms with Crippen LogP contribution in [-0.2, 0) is 4.74 Å². The van der Waals surface area contributed by atoms with Gasteiger partial charge in [-0.2, -0.15) is 0 Å². The number of benzene rings is 1. The number of amides is 1. The molecule has 120 valence electrons. The summed E-state index contributed by atoms with van der Waals surface area (Å²) in [6.45, 7) is 5.55. The zero-order valence-corrected chi connectivity index (χ0v) is 13.7. The van der Waals surface area contributed by atoms with Gasteiger partial charge in [-0.15, -0.1) is 0 Å². The number of anilines is 1. The normalized spacial score (nSPS) is 14.5. The zero-order chi connectivity index (χ0) is 15.8. The van der Waals surface area contributed by atoms with Gasteiger partial charge in [-0.3, -0.25) is 4.79 Å². The van der Waals surface area contributed by atoms with E-state index in [1.165, 1.54) is 0 Å². The highest BCUT2D eigenvalue weighted by Gasteiger charge is 2.18. The smallest absolute Gasteiger partial charge is 0.254 e. The molecule has 1 amide bonds. The molecule has 6 heteroatoms. The van der Waals surface area contributed by atoms with Crippen molar-refractivity contribution in [2.75, 3.05) is 38.2 Å². The summed E-state index contributed by atoms with van der Waals surface area (Å²) in [6.07, 6.45) is 2.22. The Kier molecular flexibility index (Phi) is 6.61. The van der Waals surface area contributed by atoms with Crippen molar-refractivity contribution in [2.45, 2.75) is 19.8 Å². The molecule has 2 rings (SSSR count). The van der Waals surface area contributed by atoms with Gasteiger partial charge in [-0.25, -0.2) is 0 Å². The highest BCUT2D eigenvalue weighted by Crippen LogP contribution is 2.12. The fourth-order valence-electron chi connectivity index (χ4n) is 2.20. The summed E-state index contributed by atoms with van der Waals surface area (Å²) in [5.74, 6) is 0.0542. The van der Waals surface area contributed by atoms with Crippen LogP contribution in [0.25, 0.3) is 0 Å². The average Bonchev–Trinajstić information content (AvgIpc) is 2.56. The van der Waals surface area contributed by atoms with Crippen molar-refractivity contribution < 1.29 is 9.53 Å². The van der Waals surface area contributed by atoms with E-state index in [0.29, 0.717) is 37.0 Å². The molecule has 5 nitrogen and oxygen atoms in total. The van der Waals surface area contributed by atoms with Crippen LogP contribution < -0.4 is 10.6 Å². The summed E-state index contributed by atoms with van der Waals surface area (Å²) in [6, 6.07) is 7.41. The predicted octanol–water partition coefficient (Wildman–Crippen LogP) is 2.25. The van der Waals surface area contributed by atoms with Crippen molar-refractivity contribution in [1.82, 2.24) is 10.2 Å². The minimum absolute atomic E-state index is 0.0542. The molecule has 1 saturated heterocycles. The topological polar surface area (TPSA) is 53.6 Å². The highest BCUT2D eigenvalue weighted by molar-refractivity contribution is 7.80. The first kappa shape index (κ1) is 16.7. The maximum atomic E-state index is 12.3. The molecule has 1 heterocycles. The molecule has 2 N–H and O–H groups in total. The Hall–Kier alpha value is -1.66. The molecule has 0 saturated carbocycles. The Morgan fingerprint density at radius 3 is 2.59 bits per heavy atom. The summed E-state index contributed by atoms with van der Waals surface area (Å²) in [5.41, 5.74) is 1.57. The second-order valence-electron chi connectivity index (χ2n) is 5.22. The number of ether oxygens (including phenoxy) is 1. The Bertz CT molecular complexity index is 499. The van der Waals surface area contributed by atoms with Crippen LogP contribution in [0.3, 0.4) is 0 Å². The maximum absolute atomic E-state index is 12.3. The summed E-state index contributed by atoms with van der Waals surface area (Å²) in [5, 5.41) is 6.89. The molecule has 0 unspecified atom stereocenters. The van der Waals surface area contributed by atoms with E-state index in [-0.39, 0.29) is 5.91 Å². The first-order valence-corrected chi connectivity index (χ1v) is 8.13. The van der Waals surface area contributed by atoms with Crippen molar-refractivity contribution in [3.8, 4) is 0 Å². The first-order chi connectivity index (χ1) is 10.7. The van der Waals surface area contributed by atoms with E-state index in [9.17, 15) is 4.79 Å². The van der Waals surface area contributed by atoms with Crippen LogP contribution in [0.5, 0.6) is 0 Å². The number of nitrogens with one attached hydrogen (secondary N) is 2. The fraction of sp³-hybridized carbons (Fsp3) is 0.500. The van der Waals surface area contributed by atoms with Gasteiger partial charge in [0.2, 0.25) is 0 Å². The van der Waals surface area contributed by atoms with Gasteiger partial charge in [0, 0.05) is 30.9 Å². The SMILES string of the molecule is CCCCNC(=S)Nc1ccc(C(=O)N2CCOCC2)cc1. The third-order valence-corrected chi connectivity index (χ3v) is 3.75. The Labute approximate surface area is 137 Å². The molecule has 1 aliphatic rings. The summed E-state index contributed by atoms with van der Waals surface area (Å²) < 4.78 is 5.26. The van der Waals surface area contributed by atoms with Gasteiger partial charge >= 0.3 is 0 Å². The molecule has 0 atom stereocenters. The molecule has 1 fully saturated rings. The van der Waals surface area contributed by atoms with Crippen LogP contribution in [0.2, 0.25) is 0 Å². The molecule has 0 spiro atoms. The molecule has 1 aromatic rings. The van der Waals surface area contributed by atoms with Crippen molar-refractivity contribution in [2.24, 2.45) is 0 Å². The van der Waals surface area contributed by atoms with Crippen molar-refractivity contribution >= 4 is 28.9 Å². The van der Waals surface area contributed by atoms with Crippen LogP contribution in [0.15, 0.2) is 24.3 Å². The number of hydrogen-bond donors (Lipinski definition) is 2. The molecule has 1 aliphatic heterocycles. The molecule has 1 aromatic carbocycles. The third kappa shape index (κ3) is 4.96. The van der Waals surface area contributed by atoms with Gasteiger partial charge in [0.15, 0.2) is 5.11 Å². The van der Waals surface area contributed by atoms with Crippen LogP contribution in [0, 0.1) is 0 Å². The van der Waals surface area contributed by atoms with E-state index in [0.717, 1.165) is 25.1 Å². The Balaban J connectivity index is 1.86. The van der Waals surface area contributed by atoms with Crippen LogP contribution >= 0.6 is 12.2 Å². The standard InChI is InChI=1S/C16H23N3O2S/c1-2-3-8-17-16(22)18-14-6-4-13(5-7-14)15(20)19-9-11-21-12-10-19/h4-7H,2-3,8-12H2,1H3,(H2,17,18,22). The monoisotopic (exact) mass is 321 g/mol. The lowest BCUT2D eigenvalue weighted by Crippen LogP contribution is -2.40. The fourth-order valence-corrected chi connectivity index (χ4v) is 2.42. The van der Waals surface area contributed by atoms with Crippen LogP contribution in [-0.4, -0.2) is 48.8 Å². The maximum Gasteiger partial charge on any atom is 0.254 e. The second-order valence-corrected chi connectivity index (χ2v) is 5.62. The highest BCUT2D eigenvalue weighted by atomic mass is 32.1. The van der Waals surface area contributed by atoms with Gasteiger partial charge in [0.25, 0.3) is 5.91 Å². The molecule has 0 bridgehead atoms. The second kappa shape index (κ2) is 8.70. The van der Waals surface area contributed by atoms with Gasteiger partial charge in [-0.05, 0) is 42.9 Å². The predicted molar refractivity (Wildman–Crippen MR) is 92.3 cm³/mol. The van der Waals surface area contributed by atoms with Gasteiger partial charge in [0.05, 0.1) is 13.2 Å². The quantitative estimate of drug-likeness (QED) is 0.643. The van der Waals surface area contributed by atoms with Crippen LogP contribution in [0.4, 0.5) is 5.69 Å². The van der Waals surface area contributed by atoms with Gasteiger partial charge in [-0.1, -0.05) is 13.3 Å². The zero-order valence-electron chi connectivity index (χ0n) is 12.9. The third-order valence-electron chi connectivity index (χ3n) is 3.50. The van der Waals surface area contributed by atoms with E-state index < -0.39 is 0 Å². The number of hydrogen-bond acceptors (Lipinski definition) is 3. The molecular formula is C16H23N3O2S. The number of carbonyl (C=O) groups excluding carboxylic acids is 1. The lowest BCUT2D eigenvalue weighted by atomic mass is 10.1. The van der Waals surface area contributed by atoms with Gasteiger partial charge < -0.3 is 20.3 Å². The van der Waals surface area contributed by atoms with Crippen molar-refractivity contribution in [3.05, 3.63) is 29.8 Å². The lowest BCUT2D eigenvalue weighted by Gasteiger charge is -2.26.